The van der Waals surface area contributed by atoms with Gasteiger partial charge in [0.2, 0.25) is 6.79 Å². The van der Waals surface area contributed by atoms with E-state index in [-0.39, 0.29) is 25.8 Å². The number of aliphatic hydroxyl groups is 1. The minimum atomic E-state index is -0.361. The van der Waals surface area contributed by atoms with E-state index in [9.17, 15) is 4.79 Å². The molecule has 1 aromatic carbocycles. The van der Waals surface area contributed by atoms with Gasteiger partial charge >= 0.3 is 5.97 Å². The number of para-hydroxylation sites is 1. The summed E-state index contributed by atoms with van der Waals surface area (Å²) >= 11 is 0. The van der Waals surface area contributed by atoms with Crippen LogP contribution in [0.5, 0.6) is 5.75 Å². The minimum Gasteiger partial charge on any atom is -0.457 e. The number of carbonyl (C=O) groups excluding carboxylic acids is 1. The van der Waals surface area contributed by atoms with E-state index >= 15 is 0 Å². The van der Waals surface area contributed by atoms with Gasteiger partial charge in [-0.2, -0.15) is 0 Å². The van der Waals surface area contributed by atoms with Gasteiger partial charge in [0.1, 0.15) is 5.75 Å². The summed E-state index contributed by atoms with van der Waals surface area (Å²) in [5.74, 6) is 0.299. The van der Waals surface area contributed by atoms with Crippen molar-refractivity contribution >= 4 is 5.97 Å². The van der Waals surface area contributed by atoms with Crippen LogP contribution in [0.1, 0.15) is 12.8 Å². The van der Waals surface area contributed by atoms with Crippen LogP contribution in [0, 0.1) is 0 Å². The molecule has 15 heavy (non-hydrogen) atoms. The predicted molar refractivity (Wildman–Crippen MR) is 54.3 cm³/mol. The first-order valence-corrected chi connectivity index (χ1v) is 4.77. The number of rotatable bonds is 6. The lowest BCUT2D eigenvalue weighted by molar-refractivity contribution is -0.150. The van der Waals surface area contributed by atoms with E-state index < -0.39 is 0 Å². The van der Waals surface area contributed by atoms with Gasteiger partial charge in [-0.05, 0) is 18.6 Å². The fourth-order valence-electron chi connectivity index (χ4n) is 0.976. The second-order valence-electron chi connectivity index (χ2n) is 2.92. The van der Waals surface area contributed by atoms with Crippen molar-refractivity contribution in [1.82, 2.24) is 0 Å². The van der Waals surface area contributed by atoms with Gasteiger partial charge in [-0.1, -0.05) is 18.2 Å². The molecule has 0 spiro atoms. The lowest BCUT2D eigenvalue weighted by Gasteiger charge is -2.06. The van der Waals surface area contributed by atoms with Crippen LogP contribution in [0.3, 0.4) is 0 Å². The fraction of sp³-hybridized carbons (Fsp3) is 0.364. The van der Waals surface area contributed by atoms with E-state index in [0.29, 0.717) is 12.2 Å². The Hall–Kier alpha value is -1.55. The first-order valence-electron chi connectivity index (χ1n) is 4.77. The van der Waals surface area contributed by atoms with Crippen LogP contribution in [-0.2, 0) is 9.53 Å². The standard InChI is InChI=1S/C11H14O4/c12-8-4-7-11(13)15-9-14-10-5-2-1-3-6-10/h1-3,5-6,12H,4,7-9H2. The summed E-state index contributed by atoms with van der Waals surface area (Å²) in [6.07, 6.45) is 0.638. The Labute approximate surface area is 88.4 Å². The Morgan fingerprint density at radius 3 is 2.67 bits per heavy atom. The van der Waals surface area contributed by atoms with Crippen LogP contribution in [0.15, 0.2) is 30.3 Å². The molecule has 0 bridgehead atoms. The number of ether oxygens (including phenoxy) is 2. The Kier molecular flexibility index (Phi) is 5.25. The van der Waals surface area contributed by atoms with E-state index in [2.05, 4.69) is 0 Å². The van der Waals surface area contributed by atoms with Crippen LogP contribution in [0.25, 0.3) is 0 Å². The number of hydrogen-bond donors (Lipinski definition) is 1. The van der Waals surface area contributed by atoms with E-state index in [0.717, 1.165) is 0 Å². The zero-order valence-corrected chi connectivity index (χ0v) is 8.39. The molecule has 0 radical (unpaired) electrons. The van der Waals surface area contributed by atoms with Crippen molar-refractivity contribution < 1.29 is 19.4 Å². The minimum absolute atomic E-state index is 0.00532. The van der Waals surface area contributed by atoms with Gasteiger partial charge < -0.3 is 14.6 Å². The lowest BCUT2D eigenvalue weighted by atomic mass is 10.3. The molecule has 0 aromatic heterocycles. The van der Waals surface area contributed by atoms with Gasteiger partial charge in [-0.15, -0.1) is 0 Å². The summed E-state index contributed by atoms with van der Waals surface area (Å²) in [6.45, 7) is -0.0943. The Balaban J connectivity index is 2.14. The predicted octanol–water partition coefficient (Wildman–Crippen LogP) is 1.34. The summed E-state index contributed by atoms with van der Waals surface area (Å²) in [5.41, 5.74) is 0. The number of carbonyl (C=O) groups is 1. The molecule has 4 heteroatoms. The molecular formula is C11H14O4. The molecule has 0 fully saturated rings. The van der Waals surface area contributed by atoms with Gasteiger partial charge in [-0.3, -0.25) is 4.79 Å². The molecule has 0 aliphatic rings. The highest BCUT2D eigenvalue weighted by molar-refractivity contribution is 5.69. The van der Waals surface area contributed by atoms with Crippen molar-refractivity contribution in [2.24, 2.45) is 0 Å². The molecule has 0 saturated heterocycles. The van der Waals surface area contributed by atoms with Crippen molar-refractivity contribution in [2.75, 3.05) is 13.4 Å². The van der Waals surface area contributed by atoms with Crippen molar-refractivity contribution in [2.45, 2.75) is 12.8 Å². The van der Waals surface area contributed by atoms with Crippen LogP contribution in [0.2, 0.25) is 0 Å². The Morgan fingerprint density at radius 2 is 2.00 bits per heavy atom. The summed E-state index contributed by atoms with van der Waals surface area (Å²) < 4.78 is 9.93. The third kappa shape index (κ3) is 5.02. The summed E-state index contributed by atoms with van der Waals surface area (Å²) in [4.78, 5) is 11.0. The topological polar surface area (TPSA) is 55.8 Å². The normalized spacial score (nSPS) is 9.67. The molecule has 0 aliphatic heterocycles. The van der Waals surface area contributed by atoms with E-state index in [1.807, 2.05) is 18.2 Å². The maximum absolute atomic E-state index is 11.0. The molecule has 0 unspecified atom stereocenters. The first kappa shape index (κ1) is 11.5. The fourth-order valence-corrected chi connectivity index (χ4v) is 0.976. The molecule has 1 rings (SSSR count). The van der Waals surface area contributed by atoms with Crippen molar-refractivity contribution in [3.05, 3.63) is 30.3 Å². The Morgan fingerprint density at radius 1 is 1.27 bits per heavy atom. The zero-order chi connectivity index (χ0) is 10.9. The maximum atomic E-state index is 11.0. The van der Waals surface area contributed by atoms with E-state index in [1.165, 1.54) is 0 Å². The van der Waals surface area contributed by atoms with Crippen molar-refractivity contribution in [3.63, 3.8) is 0 Å². The second-order valence-corrected chi connectivity index (χ2v) is 2.92. The van der Waals surface area contributed by atoms with E-state index in [1.54, 1.807) is 12.1 Å². The van der Waals surface area contributed by atoms with Gasteiger partial charge in [0, 0.05) is 13.0 Å². The number of hydrogen-bond acceptors (Lipinski definition) is 4. The summed E-state index contributed by atoms with van der Waals surface area (Å²) in [7, 11) is 0. The largest absolute Gasteiger partial charge is 0.457 e. The molecule has 0 atom stereocenters. The van der Waals surface area contributed by atoms with Gasteiger partial charge in [0.15, 0.2) is 0 Å². The highest BCUT2D eigenvalue weighted by Crippen LogP contribution is 2.08. The van der Waals surface area contributed by atoms with Crippen LogP contribution >= 0.6 is 0 Å². The van der Waals surface area contributed by atoms with Crippen molar-refractivity contribution in [1.29, 1.82) is 0 Å². The highest BCUT2D eigenvalue weighted by Gasteiger charge is 2.01. The van der Waals surface area contributed by atoms with E-state index in [4.69, 9.17) is 14.6 Å². The quantitative estimate of drug-likeness (QED) is 0.568. The molecule has 0 saturated carbocycles. The van der Waals surface area contributed by atoms with Crippen molar-refractivity contribution in [3.8, 4) is 5.75 Å². The lowest BCUT2D eigenvalue weighted by Crippen LogP contribution is -2.10. The van der Waals surface area contributed by atoms with Gasteiger partial charge in [0.25, 0.3) is 0 Å². The third-order valence-corrected chi connectivity index (χ3v) is 1.73. The smallest absolute Gasteiger partial charge is 0.308 e. The average molecular weight is 210 g/mol. The molecule has 4 nitrogen and oxygen atoms in total. The maximum Gasteiger partial charge on any atom is 0.308 e. The summed E-state index contributed by atoms with van der Waals surface area (Å²) in [6, 6.07) is 9.11. The number of aliphatic hydroxyl groups excluding tert-OH is 1. The Bertz CT molecular complexity index is 284. The molecular weight excluding hydrogens is 196 g/mol. The first-order chi connectivity index (χ1) is 7.33. The van der Waals surface area contributed by atoms with Gasteiger partial charge in [0.05, 0.1) is 0 Å². The summed E-state index contributed by atoms with van der Waals surface area (Å²) in [5, 5.41) is 8.48. The molecule has 1 aromatic rings. The zero-order valence-electron chi connectivity index (χ0n) is 8.39. The highest BCUT2D eigenvalue weighted by atomic mass is 16.7. The monoisotopic (exact) mass is 210 g/mol. The molecule has 0 amide bonds. The molecule has 1 N–H and O–H groups in total. The molecule has 0 aliphatic carbocycles. The molecule has 82 valence electrons. The van der Waals surface area contributed by atoms with Gasteiger partial charge in [-0.25, -0.2) is 0 Å². The SMILES string of the molecule is O=C(CCCO)OCOc1ccccc1. The molecule has 0 heterocycles. The van der Waals surface area contributed by atoms with Crippen LogP contribution in [-0.4, -0.2) is 24.5 Å². The third-order valence-electron chi connectivity index (χ3n) is 1.73. The number of esters is 1. The van der Waals surface area contributed by atoms with Crippen LogP contribution in [0.4, 0.5) is 0 Å². The second kappa shape index (κ2) is 6.84. The average Bonchev–Trinajstić information content (AvgIpc) is 2.28. The number of benzene rings is 1. The van der Waals surface area contributed by atoms with Crippen LogP contribution < -0.4 is 4.74 Å².